The van der Waals surface area contributed by atoms with Crippen LogP contribution in [0.5, 0.6) is 0 Å². The molecular weight excluding hydrogens is 294 g/mol. The average molecular weight is 338 g/mol. The molecule has 1 heterocycles. The number of nitrogens with zero attached hydrogens (tertiary/aromatic N) is 1. The lowest BCUT2D eigenvalue weighted by Crippen LogP contribution is -2.52. The minimum atomic E-state index is 0.276. The van der Waals surface area contributed by atoms with Crippen molar-refractivity contribution in [3.63, 3.8) is 0 Å². The van der Waals surface area contributed by atoms with Crippen LogP contribution in [-0.4, -0.2) is 10.5 Å². The lowest BCUT2D eigenvalue weighted by atomic mass is 9.86. The molecule has 0 unspecified atom stereocenters. The van der Waals surface area contributed by atoms with Gasteiger partial charge in [0.2, 0.25) is 0 Å². The van der Waals surface area contributed by atoms with Gasteiger partial charge in [0, 0.05) is 12.4 Å². The van der Waals surface area contributed by atoms with Gasteiger partial charge >= 0.3 is 0 Å². The highest BCUT2D eigenvalue weighted by atomic mass is 15.7. The number of hydrogen-bond donors (Lipinski definition) is 2. The standard InChI is InChI=1S/C21H43N3/c1-4-7-8-9-10-11-12-13-14-15-16-17-18-21(5-2,6-3)24-20-19-22-23-24/h19-20,22-23H,4-18H2,1-3H3. The molecule has 0 aliphatic carbocycles. The predicted octanol–water partition coefficient (Wildman–Crippen LogP) is 6.43. The van der Waals surface area contributed by atoms with E-state index in [1.165, 1.54) is 96.3 Å². The van der Waals surface area contributed by atoms with Gasteiger partial charge in [0.1, 0.15) is 0 Å². The highest BCUT2D eigenvalue weighted by Gasteiger charge is 2.32. The quantitative estimate of drug-likeness (QED) is 0.318. The van der Waals surface area contributed by atoms with Crippen LogP contribution in [0.15, 0.2) is 12.4 Å². The van der Waals surface area contributed by atoms with E-state index in [1.54, 1.807) is 0 Å². The Morgan fingerprint density at radius 2 is 1.21 bits per heavy atom. The van der Waals surface area contributed by atoms with Gasteiger partial charge < -0.3 is 5.43 Å². The summed E-state index contributed by atoms with van der Waals surface area (Å²) in [7, 11) is 0. The van der Waals surface area contributed by atoms with Gasteiger partial charge in [-0.05, 0) is 19.3 Å². The smallest absolute Gasteiger partial charge is 0.0569 e. The molecule has 142 valence electrons. The van der Waals surface area contributed by atoms with Crippen molar-refractivity contribution < 1.29 is 0 Å². The largest absolute Gasteiger partial charge is 0.310 e. The molecule has 0 amide bonds. The van der Waals surface area contributed by atoms with Crippen LogP contribution < -0.4 is 11.0 Å². The monoisotopic (exact) mass is 337 g/mol. The first-order valence-corrected chi connectivity index (χ1v) is 10.8. The molecule has 24 heavy (non-hydrogen) atoms. The molecule has 0 aromatic rings. The molecule has 1 aliphatic rings. The molecule has 0 radical (unpaired) electrons. The Morgan fingerprint density at radius 3 is 1.62 bits per heavy atom. The third-order valence-electron chi connectivity index (χ3n) is 5.81. The molecule has 0 saturated heterocycles. The minimum absolute atomic E-state index is 0.276. The molecule has 0 aromatic carbocycles. The van der Waals surface area contributed by atoms with Gasteiger partial charge in [-0.2, -0.15) is 0 Å². The molecule has 0 saturated carbocycles. The maximum atomic E-state index is 3.26. The van der Waals surface area contributed by atoms with Crippen LogP contribution in [0.3, 0.4) is 0 Å². The summed E-state index contributed by atoms with van der Waals surface area (Å²) >= 11 is 0. The normalized spacial score (nSPS) is 14.4. The Bertz CT molecular complexity index is 310. The van der Waals surface area contributed by atoms with Gasteiger partial charge in [0.25, 0.3) is 0 Å². The zero-order chi connectivity index (χ0) is 17.5. The Kier molecular flexibility index (Phi) is 12.1. The van der Waals surface area contributed by atoms with Crippen molar-refractivity contribution in [1.82, 2.24) is 16.0 Å². The number of nitrogens with one attached hydrogen (secondary N) is 2. The lowest BCUT2D eigenvalue weighted by molar-refractivity contribution is 0.0681. The van der Waals surface area contributed by atoms with E-state index < -0.39 is 0 Å². The second kappa shape index (κ2) is 13.6. The van der Waals surface area contributed by atoms with Crippen LogP contribution >= 0.6 is 0 Å². The summed E-state index contributed by atoms with van der Waals surface area (Å²) in [4.78, 5) is 0. The molecule has 0 spiro atoms. The van der Waals surface area contributed by atoms with Crippen LogP contribution in [-0.2, 0) is 0 Å². The first kappa shape index (κ1) is 21.3. The van der Waals surface area contributed by atoms with E-state index in [0.29, 0.717) is 0 Å². The molecule has 3 nitrogen and oxygen atoms in total. The third-order valence-corrected chi connectivity index (χ3v) is 5.81. The Balaban J connectivity index is 1.99. The first-order valence-electron chi connectivity index (χ1n) is 10.8. The molecule has 0 aromatic heterocycles. The van der Waals surface area contributed by atoms with E-state index >= 15 is 0 Å². The zero-order valence-electron chi connectivity index (χ0n) is 16.7. The van der Waals surface area contributed by atoms with Gasteiger partial charge in [-0.15, -0.1) is 5.53 Å². The second-order valence-corrected chi connectivity index (χ2v) is 7.51. The van der Waals surface area contributed by atoms with Gasteiger partial charge in [-0.3, -0.25) is 5.01 Å². The summed E-state index contributed by atoms with van der Waals surface area (Å²) in [5.74, 6) is 0. The highest BCUT2D eigenvalue weighted by molar-refractivity contribution is 4.96. The van der Waals surface area contributed by atoms with Crippen molar-refractivity contribution in [3.8, 4) is 0 Å². The van der Waals surface area contributed by atoms with E-state index in [1.807, 2.05) is 6.20 Å². The number of hydrazine groups is 2. The Morgan fingerprint density at radius 1 is 0.708 bits per heavy atom. The van der Waals surface area contributed by atoms with E-state index in [0.717, 1.165) is 0 Å². The fraction of sp³-hybridized carbons (Fsp3) is 0.905. The van der Waals surface area contributed by atoms with Gasteiger partial charge in [0.15, 0.2) is 0 Å². The number of hydrogen-bond acceptors (Lipinski definition) is 3. The van der Waals surface area contributed by atoms with Crippen LogP contribution in [0, 0.1) is 0 Å². The van der Waals surface area contributed by atoms with Crippen molar-refractivity contribution in [3.05, 3.63) is 12.4 Å². The Labute approximate surface area is 151 Å². The van der Waals surface area contributed by atoms with Crippen molar-refractivity contribution in [2.24, 2.45) is 0 Å². The number of rotatable bonds is 16. The molecule has 0 atom stereocenters. The molecule has 0 fully saturated rings. The van der Waals surface area contributed by atoms with Crippen molar-refractivity contribution in [1.29, 1.82) is 0 Å². The van der Waals surface area contributed by atoms with E-state index in [2.05, 4.69) is 42.9 Å². The fourth-order valence-corrected chi connectivity index (χ4v) is 3.89. The molecule has 3 heteroatoms. The molecule has 2 N–H and O–H groups in total. The van der Waals surface area contributed by atoms with Crippen LogP contribution in [0.4, 0.5) is 0 Å². The fourth-order valence-electron chi connectivity index (χ4n) is 3.89. The summed E-state index contributed by atoms with van der Waals surface area (Å²) in [5, 5.41) is 2.28. The summed E-state index contributed by atoms with van der Waals surface area (Å²) < 4.78 is 0. The lowest BCUT2D eigenvalue weighted by Gasteiger charge is -2.40. The summed E-state index contributed by atoms with van der Waals surface area (Å²) in [6.45, 7) is 6.93. The van der Waals surface area contributed by atoms with Crippen molar-refractivity contribution >= 4 is 0 Å². The topological polar surface area (TPSA) is 27.3 Å². The summed E-state index contributed by atoms with van der Waals surface area (Å²) in [6.07, 6.45) is 24.9. The summed E-state index contributed by atoms with van der Waals surface area (Å²) in [5.41, 5.74) is 6.63. The maximum Gasteiger partial charge on any atom is 0.0569 e. The van der Waals surface area contributed by atoms with Gasteiger partial charge in [-0.25, -0.2) is 0 Å². The third kappa shape index (κ3) is 7.92. The minimum Gasteiger partial charge on any atom is -0.310 e. The number of unbranched alkanes of at least 4 members (excludes halogenated alkanes) is 11. The van der Waals surface area contributed by atoms with Crippen LogP contribution in [0.25, 0.3) is 0 Å². The molecular formula is C21H43N3. The SMILES string of the molecule is CCCCCCCCCCCCCCC(CC)(CC)N1C=CNN1. The molecule has 0 bridgehead atoms. The maximum absolute atomic E-state index is 3.26. The van der Waals surface area contributed by atoms with E-state index in [9.17, 15) is 0 Å². The van der Waals surface area contributed by atoms with Gasteiger partial charge in [-0.1, -0.05) is 97.8 Å². The van der Waals surface area contributed by atoms with E-state index in [-0.39, 0.29) is 5.54 Å². The zero-order valence-corrected chi connectivity index (χ0v) is 16.7. The first-order chi connectivity index (χ1) is 11.8. The van der Waals surface area contributed by atoms with Crippen LogP contribution in [0.1, 0.15) is 117 Å². The average Bonchev–Trinajstić information content (AvgIpc) is 3.15. The summed E-state index contributed by atoms with van der Waals surface area (Å²) in [6, 6.07) is 0. The van der Waals surface area contributed by atoms with E-state index in [4.69, 9.17) is 0 Å². The second-order valence-electron chi connectivity index (χ2n) is 7.51. The highest BCUT2D eigenvalue weighted by Crippen LogP contribution is 2.30. The molecule has 1 aliphatic heterocycles. The Hall–Kier alpha value is -0.700. The predicted molar refractivity (Wildman–Crippen MR) is 106 cm³/mol. The van der Waals surface area contributed by atoms with Crippen LogP contribution in [0.2, 0.25) is 0 Å². The molecule has 1 rings (SSSR count). The van der Waals surface area contributed by atoms with Crippen molar-refractivity contribution in [2.45, 2.75) is 123 Å². The van der Waals surface area contributed by atoms with Crippen molar-refractivity contribution in [2.75, 3.05) is 0 Å². The van der Waals surface area contributed by atoms with Gasteiger partial charge in [0.05, 0.1) is 5.54 Å².